The summed E-state index contributed by atoms with van der Waals surface area (Å²) in [6, 6.07) is 1.72. The van der Waals surface area contributed by atoms with E-state index in [1.807, 2.05) is 0 Å². The second-order valence-electron chi connectivity index (χ2n) is 2.78. The minimum absolute atomic E-state index is 0.0760. The van der Waals surface area contributed by atoms with Crippen LogP contribution >= 0.6 is 0 Å². The normalized spacial score (nSPS) is 10.3. The summed E-state index contributed by atoms with van der Waals surface area (Å²) in [6.07, 6.45) is 1.69. The van der Waals surface area contributed by atoms with E-state index >= 15 is 0 Å². The highest BCUT2D eigenvalue weighted by molar-refractivity contribution is 5.91. The zero-order chi connectivity index (χ0) is 10.8. The lowest BCUT2D eigenvalue weighted by Gasteiger charge is -2.04. The highest BCUT2D eigenvalue weighted by Gasteiger charge is 2.17. The van der Waals surface area contributed by atoms with Crippen molar-refractivity contribution in [2.45, 2.75) is 0 Å². The van der Waals surface area contributed by atoms with Gasteiger partial charge < -0.3 is 14.5 Å². The number of ether oxygens (including phenoxy) is 2. The number of nitrogens with zero attached hydrogens (tertiary/aromatic N) is 2. The van der Waals surface area contributed by atoms with E-state index in [-0.39, 0.29) is 11.6 Å². The van der Waals surface area contributed by atoms with Crippen molar-refractivity contribution in [1.29, 1.82) is 0 Å². The van der Waals surface area contributed by atoms with Crippen molar-refractivity contribution in [1.82, 2.24) is 15.0 Å². The van der Waals surface area contributed by atoms with E-state index in [4.69, 9.17) is 4.74 Å². The molecule has 0 fully saturated rings. The molecular formula is C9H9N3O3. The lowest BCUT2D eigenvalue weighted by molar-refractivity contribution is 0.0589. The minimum atomic E-state index is -0.567. The van der Waals surface area contributed by atoms with Crippen LogP contribution in [0.3, 0.4) is 0 Å². The quantitative estimate of drug-likeness (QED) is 0.735. The highest BCUT2D eigenvalue weighted by atomic mass is 16.5. The van der Waals surface area contributed by atoms with Gasteiger partial charge in [-0.2, -0.15) is 4.98 Å². The molecule has 2 aromatic heterocycles. The van der Waals surface area contributed by atoms with Crippen LogP contribution in [-0.2, 0) is 4.74 Å². The van der Waals surface area contributed by atoms with Gasteiger partial charge in [-0.15, -0.1) is 0 Å². The summed E-state index contributed by atoms with van der Waals surface area (Å²) < 4.78 is 9.52. The number of nitrogens with one attached hydrogen (secondary N) is 1. The van der Waals surface area contributed by atoms with Gasteiger partial charge in [0.2, 0.25) is 11.6 Å². The van der Waals surface area contributed by atoms with Crippen molar-refractivity contribution in [3.8, 4) is 5.88 Å². The number of hydrogen-bond acceptors (Lipinski definition) is 5. The number of rotatable bonds is 2. The van der Waals surface area contributed by atoms with Gasteiger partial charge in [-0.25, -0.2) is 9.78 Å². The van der Waals surface area contributed by atoms with Gasteiger partial charge >= 0.3 is 5.97 Å². The van der Waals surface area contributed by atoms with Crippen molar-refractivity contribution < 1.29 is 14.3 Å². The van der Waals surface area contributed by atoms with E-state index in [2.05, 4.69) is 19.7 Å². The molecule has 0 atom stereocenters. The number of carbonyl (C=O) groups is 1. The van der Waals surface area contributed by atoms with E-state index < -0.39 is 5.97 Å². The number of carbonyl (C=O) groups excluding carboxylic acids is 1. The van der Waals surface area contributed by atoms with E-state index in [1.54, 1.807) is 12.3 Å². The van der Waals surface area contributed by atoms with Crippen LogP contribution in [0.1, 0.15) is 10.5 Å². The van der Waals surface area contributed by atoms with E-state index in [0.29, 0.717) is 11.2 Å². The smallest absolute Gasteiger partial charge is 0.362 e. The number of aromatic nitrogens is 3. The predicted octanol–water partition coefficient (Wildman–Crippen LogP) is 0.753. The summed E-state index contributed by atoms with van der Waals surface area (Å²) in [4.78, 5) is 22.4. The second kappa shape index (κ2) is 3.56. The van der Waals surface area contributed by atoms with Crippen molar-refractivity contribution in [2.75, 3.05) is 14.2 Å². The van der Waals surface area contributed by atoms with Gasteiger partial charge in [0.25, 0.3) is 0 Å². The zero-order valence-corrected chi connectivity index (χ0v) is 8.27. The lowest BCUT2D eigenvalue weighted by Crippen LogP contribution is -2.08. The fraction of sp³-hybridized carbons (Fsp3) is 0.222. The summed E-state index contributed by atoms with van der Waals surface area (Å²) >= 11 is 0. The molecule has 0 amide bonds. The molecule has 0 aliphatic heterocycles. The number of fused-ring (bicyclic) bond motifs is 1. The Morgan fingerprint density at radius 3 is 2.87 bits per heavy atom. The Morgan fingerprint density at radius 1 is 1.40 bits per heavy atom. The molecule has 6 heteroatoms. The maximum atomic E-state index is 11.3. The number of methoxy groups -OCH3 is 2. The van der Waals surface area contributed by atoms with Crippen LogP contribution in [0.15, 0.2) is 12.3 Å². The fourth-order valence-corrected chi connectivity index (χ4v) is 1.23. The van der Waals surface area contributed by atoms with Crippen LogP contribution in [0.25, 0.3) is 11.2 Å². The van der Waals surface area contributed by atoms with Crippen molar-refractivity contribution in [3.05, 3.63) is 18.0 Å². The summed E-state index contributed by atoms with van der Waals surface area (Å²) in [6.45, 7) is 0. The third kappa shape index (κ3) is 1.50. The molecular weight excluding hydrogens is 198 g/mol. The van der Waals surface area contributed by atoms with Gasteiger partial charge in [-0.3, -0.25) is 0 Å². The number of H-pyrrole nitrogens is 1. The second-order valence-corrected chi connectivity index (χ2v) is 2.78. The van der Waals surface area contributed by atoms with Crippen molar-refractivity contribution >= 4 is 17.1 Å². The largest absolute Gasteiger partial charge is 0.479 e. The predicted molar refractivity (Wildman–Crippen MR) is 51.8 cm³/mol. The molecule has 0 aliphatic rings. The average molecular weight is 207 g/mol. The molecule has 0 radical (unpaired) electrons. The van der Waals surface area contributed by atoms with E-state index in [1.165, 1.54) is 14.2 Å². The molecule has 6 nitrogen and oxygen atoms in total. The van der Waals surface area contributed by atoms with Crippen molar-refractivity contribution in [3.63, 3.8) is 0 Å². The van der Waals surface area contributed by atoms with E-state index in [9.17, 15) is 4.79 Å². The summed E-state index contributed by atoms with van der Waals surface area (Å²) in [5.74, 6) is -0.417. The Balaban J connectivity index is 2.64. The Bertz CT molecular complexity index is 506. The molecule has 78 valence electrons. The standard InChI is InChI=1S/C9H9N3O3/c1-14-8-6(9(13)15-2)11-5-3-4-10-7(5)12-8/h3-4H,1-2H3,(H,10,12). The SMILES string of the molecule is COC(=O)c1nc2cc[nH]c2nc1OC. The minimum Gasteiger partial charge on any atom is -0.479 e. The van der Waals surface area contributed by atoms with Crippen LogP contribution in [-0.4, -0.2) is 35.1 Å². The first kappa shape index (κ1) is 9.45. The van der Waals surface area contributed by atoms with Gasteiger partial charge in [0, 0.05) is 6.20 Å². The summed E-state index contributed by atoms with van der Waals surface area (Å²) in [7, 11) is 2.70. The molecule has 0 unspecified atom stereocenters. The molecule has 0 bridgehead atoms. The molecule has 0 saturated heterocycles. The first-order chi connectivity index (χ1) is 7.26. The fourth-order valence-electron chi connectivity index (χ4n) is 1.23. The maximum absolute atomic E-state index is 11.3. The molecule has 0 spiro atoms. The molecule has 2 heterocycles. The van der Waals surface area contributed by atoms with Crippen LogP contribution < -0.4 is 4.74 Å². The van der Waals surface area contributed by atoms with Crippen LogP contribution in [0.4, 0.5) is 0 Å². The molecule has 0 saturated carbocycles. The summed E-state index contributed by atoms with van der Waals surface area (Å²) in [5.41, 5.74) is 1.24. The molecule has 0 aliphatic carbocycles. The lowest BCUT2D eigenvalue weighted by atomic mass is 10.4. The van der Waals surface area contributed by atoms with Gasteiger partial charge in [0.1, 0.15) is 5.52 Å². The molecule has 15 heavy (non-hydrogen) atoms. The Morgan fingerprint density at radius 2 is 2.20 bits per heavy atom. The molecule has 2 rings (SSSR count). The number of hydrogen-bond donors (Lipinski definition) is 1. The topological polar surface area (TPSA) is 77.1 Å². The van der Waals surface area contributed by atoms with Crippen LogP contribution in [0.5, 0.6) is 5.88 Å². The molecule has 2 aromatic rings. The number of esters is 1. The van der Waals surface area contributed by atoms with Gasteiger partial charge in [-0.05, 0) is 6.07 Å². The maximum Gasteiger partial charge on any atom is 0.362 e. The third-order valence-electron chi connectivity index (χ3n) is 1.92. The van der Waals surface area contributed by atoms with Crippen LogP contribution in [0, 0.1) is 0 Å². The van der Waals surface area contributed by atoms with Crippen LogP contribution in [0.2, 0.25) is 0 Å². The van der Waals surface area contributed by atoms with Gasteiger partial charge in [0.15, 0.2) is 5.65 Å². The highest BCUT2D eigenvalue weighted by Crippen LogP contribution is 2.18. The van der Waals surface area contributed by atoms with E-state index in [0.717, 1.165) is 0 Å². The Labute approximate surface area is 85.2 Å². The first-order valence-electron chi connectivity index (χ1n) is 4.23. The first-order valence-corrected chi connectivity index (χ1v) is 4.23. The third-order valence-corrected chi connectivity index (χ3v) is 1.92. The molecule has 0 aromatic carbocycles. The average Bonchev–Trinajstić information content (AvgIpc) is 2.73. The van der Waals surface area contributed by atoms with Gasteiger partial charge in [0.05, 0.1) is 14.2 Å². The number of aromatic amines is 1. The van der Waals surface area contributed by atoms with Crippen molar-refractivity contribution in [2.24, 2.45) is 0 Å². The van der Waals surface area contributed by atoms with Gasteiger partial charge in [-0.1, -0.05) is 0 Å². The molecule has 1 N–H and O–H groups in total. The summed E-state index contributed by atoms with van der Waals surface area (Å²) in [5, 5.41) is 0. The Kier molecular flexibility index (Phi) is 2.24. The zero-order valence-electron chi connectivity index (χ0n) is 8.27. The monoisotopic (exact) mass is 207 g/mol. The Hall–Kier alpha value is -2.11.